The molecule has 0 bridgehead atoms. The van der Waals surface area contributed by atoms with Gasteiger partial charge in [-0.1, -0.05) is 18.2 Å². The molecule has 6 nitrogen and oxygen atoms in total. The molecule has 0 radical (unpaired) electrons. The van der Waals surface area contributed by atoms with Crippen molar-refractivity contribution < 1.29 is 9.18 Å². The zero-order valence-electron chi connectivity index (χ0n) is 18.0. The van der Waals surface area contributed by atoms with Gasteiger partial charge < -0.3 is 10.2 Å². The van der Waals surface area contributed by atoms with E-state index in [-0.39, 0.29) is 5.91 Å². The SMILES string of the molecule is CC(=O)Nc1ccccc1C1C[C@@H]2CC(N3CCN(c4ncc(F)cn4)CC3)C[C@@H]2C1. The van der Waals surface area contributed by atoms with Gasteiger partial charge in [0.15, 0.2) is 5.82 Å². The van der Waals surface area contributed by atoms with Crippen LogP contribution in [-0.4, -0.2) is 53.0 Å². The van der Waals surface area contributed by atoms with Crippen LogP contribution in [0.4, 0.5) is 16.0 Å². The lowest BCUT2D eigenvalue weighted by atomic mass is 9.92. The first kappa shape index (κ1) is 20.4. The van der Waals surface area contributed by atoms with Crippen molar-refractivity contribution in [2.45, 2.75) is 44.6 Å². The third kappa shape index (κ3) is 4.28. The maximum absolute atomic E-state index is 13.1. The second-order valence-electron chi connectivity index (χ2n) is 9.31. The summed E-state index contributed by atoms with van der Waals surface area (Å²) in [5.41, 5.74) is 2.28. The monoisotopic (exact) mass is 423 g/mol. The lowest BCUT2D eigenvalue weighted by Gasteiger charge is -2.38. The first-order valence-electron chi connectivity index (χ1n) is 11.4. The lowest BCUT2D eigenvalue weighted by Crippen LogP contribution is -2.50. The summed E-state index contributed by atoms with van der Waals surface area (Å²) < 4.78 is 13.1. The molecule has 2 aliphatic carbocycles. The average Bonchev–Trinajstić information content (AvgIpc) is 3.34. The molecule has 1 aromatic heterocycles. The fourth-order valence-electron chi connectivity index (χ4n) is 6.05. The molecule has 1 amide bonds. The predicted molar refractivity (Wildman–Crippen MR) is 118 cm³/mol. The van der Waals surface area contributed by atoms with Gasteiger partial charge in [-0.25, -0.2) is 14.4 Å². The van der Waals surface area contributed by atoms with E-state index in [0.717, 1.165) is 43.7 Å². The van der Waals surface area contributed by atoms with Gasteiger partial charge in [0.2, 0.25) is 11.9 Å². The van der Waals surface area contributed by atoms with E-state index in [2.05, 4.69) is 37.2 Å². The number of anilines is 2. The van der Waals surface area contributed by atoms with Crippen LogP contribution in [0.2, 0.25) is 0 Å². The molecule has 5 rings (SSSR count). The summed E-state index contributed by atoms with van der Waals surface area (Å²) in [6.45, 7) is 5.39. The van der Waals surface area contributed by atoms with E-state index in [1.54, 1.807) is 6.92 Å². The van der Waals surface area contributed by atoms with Crippen molar-refractivity contribution in [1.29, 1.82) is 0 Å². The van der Waals surface area contributed by atoms with Crippen molar-refractivity contribution in [2.24, 2.45) is 11.8 Å². The maximum Gasteiger partial charge on any atom is 0.225 e. The summed E-state index contributed by atoms with van der Waals surface area (Å²) >= 11 is 0. The quantitative estimate of drug-likeness (QED) is 0.813. The van der Waals surface area contributed by atoms with Crippen molar-refractivity contribution >= 4 is 17.5 Å². The Morgan fingerprint density at radius 3 is 2.29 bits per heavy atom. The number of amides is 1. The highest BCUT2D eigenvalue weighted by atomic mass is 19.1. The van der Waals surface area contributed by atoms with Gasteiger partial charge in [0.05, 0.1) is 12.4 Å². The normalized spacial score (nSPS) is 28.5. The molecule has 4 atom stereocenters. The molecule has 7 heteroatoms. The van der Waals surface area contributed by atoms with Crippen LogP contribution in [-0.2, 0) is 4.79 Å². The number of para-hydroxylation sites is 1. The highest BCUT2D eigenvalue weighted by molar-refractivity contribution is 5.89. The number of nitrogens with zero attached hydrogens (tertiary/aromatic N) is 4. The van der Waals surface area contributed by atoms with E-state index in [0.29, 0.717) is 17.9 Å². The Bertz CT molecular complexity index is 914. The first-order valence-corrected chi connectivity index (χ1v) is 11.4. The summed E-state index contributed by atoms with van der Waals surface area (Å²) in [7, 11) is 0. The Morgan fingerprint density at radius 2 is 1.65 bits per heavy atom. The van der Waals surface area contributed by atoms with Crippen LogP contribution in [0.5, 0.6) is 0 Å². The van der Waals surface area contributed by atoms with Crippen LogP contribution in [0.1, 0.15) is 44.1 Å². The van der Waals surface area contributed by atoms with E-state index in [4.69, 9.17) is 0 Å². The molecule has 1 saturated heterocycles. The summed E-state index contributed by atoms with van der Waals surface area (Å²) in [4.78, 5) is 24.6. The van der Waals surface area contributed by atoms with E-state index >= 15 is 0 Å². The summed E-state index contributed by atoms with van der Waals surface area (Å²) in [5.74, 6) is 2.34. The number of hydrogen-bond acceptors (Lipinski definition) is 5. The number of aromatic nitrogens is 2. The molecule has 2 saturated carbocycles. The third-order valence-electron chi connectivity index (χ3n) is 7.42. The molecule has 2 aromatic rings. The molecule has 1 N–H and O–H groups in total. The fraction of sp³-hybridized carbons (Fsp3) is 0.542. The number of carbonyl (C=O) groups is 1. The van der Waals surface area contributed by atoms with E-state index in [1.807, 2.05) is 12.1 Å². The van der Waals surface area contributed by atoms with Crippen LogP contribution >= 0.6 is 0 Å². The highest BCUT2D eigenvalue weighted by Crippen LogP contribution is 2.52. The molecular weight excluding hydrogens is 393 g/mol. The topological polar surface area (TPSA) is 61.4 Å². The third-order valence-corrected chi connectivity index (χ3v) is 7.42. The Balaban J connectivity index is 1.16. The van der Waals surface area contributed by atoms with Crippen molar-refractivity contribution in [3.05, 3.63) is 48.0 Å². The second kappa shape index (κ2) is 8.54. The van der Waals surface area contributed by atoms with Crippen molar-refractivity contribution in [3.8, 4) is 0 Å². The highest BCUT2D eigenvalue weighted by Gasteiger charge is 2.44. The molecule has 1 aromatic carbocycles. The van der Waals surface area contributed by atoms with Gasteiger partial charge in [-0.05, 0) is 55.1 Å². The number of nitrogens with one attached hydrogen (secondary N) is 1. The van der Waals surface area contributed by atoms with Crippen molar-refractivity contribution in [2.75, 3.05) is 36.4 Å². The zero-order chi connectivity index (χ0) is 21.4. The minimum atomic E-state index is -0.391. The van der Waals surface area contributed by atoms with Crippen LogP contribution in [0, 0.1) is 17.7 Å². The van der Waals surface area contributed by atoms with Gasteiger partial charge in [0, 0.05) is 44.8 Å². The number of fused-ring (bicyclic) bond motifs is 1. The number of piperazine rings is 1. The van der Waals surface area contributed by atoms with Gasteiger partial charge in [0.1, 0.15) is 0 Å². The number of rotatable bonds is 4. The van der Waals surface area contributed by atoms with Crippen molar-refractivity contribution in [3.63, 3.8) is 0 Å². The minimum absolute atomic E-state index is 0.00381. The Hall–Kier alpha value is -2.54. The van der Waals surface area contributed by atoms with Crippen molar-refractivity contribution in [1.82, 2.24) is 14.9 Å². The Labute approximate surface area is 182 Å². The summed E-state index contributed by atoms with van der Waals surface area (Å²) in [6.07, 6.45) is 7.48. The van der Waals surface area contributed by atoms with E-state index in [1.165, 1.54) is 43.6 Å². The van der Waals surface area contributed by atoms with E-state index < -0.39 is 5.82 Å². The van der Waals surface area contributed by atoms with Crippen LogP contribution in [0.3, 0.4) is 0 Å². The largest absolute Gasteiger partial charge is 0.338 e. The number of hydrogen-bond donors (Lipinski definition) is 1. The van der Waals surface area contributed by atoms with Crippen LogP contribution in [0.25, 0.3) is 0 Å². The molecule has 1 aliphatic heterocycles. The molecule has 2 unspecified atom stereocenters. The maximum atomic E-state index is 13.1. The average molecular weight is 424 g/mol. The van der Waals surface area contributed by atoms with Gasteiger partial charge >= 0.3 is 0 Å². The minimum Gasteiger partial charge on any atom is -0.338 e. The van der Waals surface area contributed by atoms with Crippen LogP contribution < -0.4 is 10.2 Å². The zero-order valence-corrected chi connectivity index (χ0v) is 18.0. The second-order valence-corrected chi connectivity index (χ2v) is 9.31. The molecule has 164 valence electrons. The number of carbonyl (C=O) groups excluding carboxylic acids is 1. The molecule has 3 aliphatic rings. The number of benzene rings is 1. The number of halogens is 1. The first-order chi connectivity index (χ1) is 15.1. The standard InChI is InChI=1S/C24H30FN5O/c1-16(31)28-23-5-3-2-4-22(23)19-10-17-12-21(13-18(17)11-19)29-6-8-30(9-7-29)24-26-14-20(25)15-27-24/h2-5,14-15,17-19,21H,6-13H2,1H3,(H,28,31)/t17-,18+,19?,21?. The Morgan fingerprint density at radius 1 is 1.00 bits per heavy atom. The van der Waals surface area contributed by atoms with Gasteiger partial charge in [-0.2, -0.15) is 0 Å². The lowest BCUT2D eigenvalue weighted by molar-refractivity contribution is -0.114. The van der Waals surface area contributed by atoms with Gasteiger partial charge in [0.25, 0.3) is 0 Å². The van der Waals surface area contributed by atoms with Gasteiger partial charge in [-0.15, -0.1) is 0 Å². The Kier molecular flexibility index (Phi) is 5.61. The molecular formula is C24H30FN5O. The predicted octanol–water partition coefficient (Wildman–Crippen LogP) is 3.67. The smallest absolute Gasteiger partial charge is 0.225 e. The van der Waals surface area contributed by atoms with E-state index in [9.17, 15) is 9.18 Å². The fourth-order valence-corrected chi connectivity index (χ4v) is 6.05. The van der Waals surface area contributed by atoms with Crippen LogP contribution in [0.15, 0.2) is 36.7 Å². The molecule has 3 fully saturated rings. The molecule has 2 heterocycles. The summed E-state index contributed by atoms with van der Waals surface area (Å²) in [5, 5.41) is 3.01. The molecule has 0 spiro atoms. The van der Waals surface area contributed by atoms with Gasteiger partial charge in [-0.3, -0.25) is 9.69 Å². The summed E-state index contributed by atoms with van der Waals surface area (Å²) in [6, 6.07) is 8.96. The molecule has 31 heavy (non-hydrogen) atoms.